The third-order valence-corrected chi connectivity index (χ3v) is 1.92. The number of hydrogen-bond acceptors (Lipinski definition) is 1. The van der Waals surface area contributed by atoms with Crippen molar-refractivity contribution in [3.8, 4) is 6.07 Å². The average molecular weight is 135 g/mol. The third-order valence-electron chi connectivity index (χ3n) is 1.92. The predicted molar refractivity (Wildman–Crippen MR) is 41.4 cm³/mol. The molecule has 1 rings (SSSR count). The lowest BCUT2D eigenvalue weighted by molar-refractivity contribution is 0.796. The molecule has 0 N–H and O–H groups in total. The highest BCUT2D eigenvalue weighted by Gasteiger charge is 2.02. The molecule has 0 bridgehead atoms. The Kier molecular flexibility index (Phi) is 3.02. The van der Waals surface area contributed by atoms with Gasteiger partial charge in [-0.1, -0.05) is 11.6 Å². The van der Waals surface area contributed by atoms with E-state index in [0.29, 0.717) is 0 Å². The van der Waals surface area contributed by atoms with Crippen molar-refractivity contribution in [2.45, 2.75) is 38.5 Å². The number of allylic oxidation sites excluding steroid dienone is 2. The van der Waals surface area contributed by atoms with Crippen molar-refractivity contribution in [1.82, 2.24) is 0 Å². The molecule has 1 nitrogen and oxygen atoms in total. The minimum atomic E-state index is 0.720. The summed E-state index contributed by atoms with van der Waals surface area (Å²) in [5.41, 5.74) is 1.58. The van der Waals surface area contributed by atoms with E-state index in [9.17, 15) is 0 Å². The molecule has 1 heteroatoms. The molecule has 0 fully saturated rings. The number of unbranched alkanes of at least 4 members (excludes halogenated alkanes) is 1. The van der Waals surface area contributed by atoms with Gasteiger partial charge in [0, 0.05) is 6.42 Å². The molecule has 0 atom stereocenters. The van der Waals surface area contributed by atoms with Crippen LogP contribution in [0.2, 0.25) is 0 Å². The Bertz CT molecular complexity index is 162. The zero-order valence-electron chi connectivity index (χ0n) is 6.27. The van der Waals surface area contributed by atoms with Crippen molar-refractivity contribution in [2.24, 2.45) is 0 Å². The van der Waals surface area contributed by atoms with Gasteiger partial charge in [0.05, 0.1) is 6.07 Å². The summed E-state index contributed by atoms with van der Waals surface area (Å²) in [6, 6.07) is 2.16. The van der Waals surface area contributed by atoms with Crippen LogP contribution in [0.25, 0.3) is 0 Å². The summed E-state index contributed by atoms with van der Waals surface area (Å²) in [6.45, 7) is 0. The van der Waals surface area contributed by atoms with Crippen LogP contribution in [0.3, 0.4) is 0 Å². The van der Waals surface area contributed by atoms with Crippen LogP contribution < -0.4 is 0 Å². The van der Waals surface area contributed by atoms with Crippen molar-refractivity contribution >= 4 is 0 Å². The Labute approximate surface area is 62.4 Å². The first-order chi connectivity index (χ1) is 4.93. The molecule has 0 radical (unpaired) electrons. The van der Waals surface area contributed by atoms with Crippen LogP contribution in [0, 0.1) is 11.3 Å². The van der Waals surface area contributed by atoms with Gasteiger partial charge < -0.3 is 0 Å². The second-order valence-electron chi connectivity index (χ2n) is 2.77. The summed E-state index contributed by atoms with van der Waals surface area (Å²) in [6.07, 6.45) is 9.15. The second kappa shape index (κ2) is 4.11. The third kappa shape index (κ3) is 2.23. The highest BCUT2D eigenvalue weighted by Crippen LogP contribution is 2.21. The minimum Gasteiger partial charge on any atom is -0.198 e. The fourth-order valence-electron chi connectivity index (χ4n) is 1.36. The maximum Gasteiger partial charge on any atom is 0.0621 e. The predicted octanol–water partition coefficient (Wildman–Crippen LogP) is 2.79. The Morgan fingerprint density at radius 1 is 1.60 bits per heavy atom. The molecule has 0 aromatic carbocycles. The summed E-state index contributed by atoms with van der Waals surface area (Å²) in [5, 5.41) is 8.27. The Morgan fingerprint density at radius 3 is 3.10 bits per heavy atom. The van der Waals surface area contributed by atoms with Gasteiger partial charge >= 0.3 is 0 Å². The molecule has 0 spiro atoms. The van der Waals surface area contributed by atoms with Gasteiger partial charge in [-0.25, -0.2) is 0 Å². The first-order valence-corrected chi connectivity index (χ1v) is 3.98. The zero-order chi connectivity index (χ0) is 7.23. The Balaban J connectivity index is 2.08. The molecule has 0 unspecified atom stereocenters. The van der Waals surface area contributed by atoms with Crippen LogP contribution in [0.1, 0.15) is 38.5 Å². The zero-order valence-corrected chi connectivity index (χ0v) is 6.27. The topological polar surface area (TPSA) is 23.8 Å². The summed E-state index contributed by atoms with van der Waals surface area (Å²) in [7, 11) is 0. The summed E-state index contributed by atoms with van der Waals surface area (Å²) in [5.74, 6) is 0. The van der Waals surface area contributed by atoms with Crippen molar-refractivity contribution in [2.75, 3.05) is 0 Å². The monoisotopic (exact) mass is 135 g/mol. The Morgan fingerprint density at radius 2 is 2.50 bits per heavy atom. The maximum absolute atomic E-state index is 8.27. The molecule has 0 aromatic heterocycles. The van der Waals surface area contributed by atoms with E-state index in [1.165, 1.54) is 19.3 Å². The van der Waals surface area contributed by atoms with Gasteiger partial charge in [-0.15, -0.1) is 0 Å². The van der Waals surface area contributed by atoms with E-state index < -0.39 is 0 Å². The van der Waals surface area contributed by atoms with E-state index in [4.69, 9.17) is 5.26 Å². The number of nitriles is 1. The molecular formula is C9H13N. The number of hydrogen-bond donors (Lipinski definition) is 0. The van der Waals surface area contributed by atoms with Gasteiger partial charge in [-0.3, -0.25) is 0 Å². The lowest BCUT2D eigenvalue weighted by Crippen LogP contribution is -1.77. The van der Waals surface area contributed by atoms with Crippen molar-refractivity contribution in [3.05, 3.63) is 11.6 Å². The standard InChI is InChI=1S/C9H13N/c10-8-4-3-7-9-5-1-2-6-9/h5H,1-4,6-7H2. The fourth-order valence-corrected chi connectivity index (χ4v) is 1.36. The molecule has 0 amide bonds. The molecule has 1 aliphatic rings. The molecule has 0 aromatic rings. The molecule has 0 saturated carbocycles. The van der Waals surface area contributed by atoms with Gasteiger partial charge in [0.15, 0.2) is 0 Å². The van der Waals surface area contributed by atoms with Crippen LogP contribution in [-0.4, -0.2) is 0 Å². The van der Waals surface area contributed by atoms with E-state index in [0.717, 1.165) is 19.3 Å². The fraction of sp³-hybridized carbons (Fsp3) is 0.667. The van der Waals surface area contributed by atoms with Gasteiger partial charge in [0.1, 0.15) is 0 Å². The molecule has 1 aliphatic carbocycles. The molecule has 0 aliphatic heterocycles. The Hall–Kier alpha value is -0.770. The van der Waals surface area contributed by atoms with Gasteiger partial charge in [0.25, 0.3) is 0 Å². The van der Waals surface area contributed by atoms with Crippen LogP contribution >= 0.6 is 0 Å². The van der Waals surface area contributed by atoms with E-state index in [1.807, 2.05) is 0 Å². The van der Waals surface area contributed by atoms with E-state index >= 15 is 0 Å². The molecular weight excluding hydrogens is 122 g/mol. The van der Waals surface area contributed by atoms with E-state index in [2.05, 4.69) is 12.1 Å². The van der Waals surface area contributed by atoms with Gasteiger partial charge in [-0.2, -0.15) is 5.26 Å². The summed E-state index contributed by atoms with van der Waals surface area (Å²) >= 11 is 0. The highest BCUT2D eigenvalue weighted by molar-refractivity contribution is 5.07. The number of rotatable bonds is 3. The lowest BCUT2D eigenvalue weighted by Gasteiger charge is -1.96. The van der Waals surface area contributed by atoms with Crippen LogP contribution in [-0.2, 0) is 0 Å². The van der Waals surface area contributed by atoms with Crippen LogP contribution in [0.4, 0.5) is 0 Å². The quantitative estimate of drug-likeness (QED) is 0.431. The second-order valence-corrected chi connectivity index (χ2v) is 2.77. The molecule has 0 saturated heterocycles. The lowest BCUT2D eigenvalue weighted by atomic mass is 10.1. The van der Waals surface area contributed by atoms with Crippen LogP contribution in [0.15, 0.2) is 11.6 Å². The minimum absolute atomic E-state index is 0.720. The van der Waals surface area contributed by atoms with E-state index in [-0.39, 0.29) is 0 Å². The smallest absolute Gasteiger partial charge is 0.0621 e. The number of nitrogens with zero attached hydrogens (tertiary/aromatic N) is 1. The van der Waals surface area contributed by atoms with Crippen molar-refractivity contribution in [3.63, 3.8) is 0 Å². The summed E-state index contributed by atoms with van der Waals surface area (Å²) in [4.78, 5) is 0. The van der Waals surface area contributed by atoms with Gasteiger partial charge in [0.2, 0.25) is 0 Å². The largest absolute Gasteiger partial charge is 0.198 e. The van der Waals surface area contributed by atoms with E-state index in [1.54, 1.807) is 5.57 Å². The summed E-state index contributed by atoms with van der Waals surface area (Å²) < 4.78 is 0. The van der Waals surface area contributed by atoms with Crippen molar-refractivity contribution < 1.29 is 0 Å². The molecule has 10 heavy (non-hydrogen) atoms. The molecule has 54 valence electrons. The van der Waals surface area contributed by atoms with Crippen LogP contribution in [0.5, 0.6) is 0 Å². The molecule has 0 heterocycles. The van der Waals surface area contributed by atoms with Gasteiger partial charge in [-0.05, 0) is 32.1 Å². The highest BCUT2D eigenvalue weighted by atomic mass is 14.2. The first-order valence-electron chi connectivity index (χ1n) is 3.98. The SMILES string of the molecule is N#CCCCC1=CCCC1. The van der Waals surface area contributed by atoms with Crippen molar-refractivity contribution in [1.29, 1.82) is 5.26 Å². The first kappa shape index (κ1) is 7.34. The average Bonchev–Trinajstić information content (AvgIpc) is 2.41. The maximum atomic E-state index is 8.27. The normalized spacial score (nSPS) is 16.5.